The molecule has 1 unspecified atom stereocenters. The van der Waals surface area contributed by atoms with E-state index < -0.39 is 10.0 Å². The highest BCUT2D eigenvalue weighted by atomic mass is 32.2. The Morgan fingerprint density at radius 1 is 1.19 bits per heavy atom. The van der Waals surface area contributed by atoms with Crippen LogP contribution in [0.2, 0.25) is 0 Å². The molecule has 3 rings (SSSR count). The zero-order valence-corrected chi connectivity index (χ0v) is 16.2. The molecule has 1 aromatic carbocycles. The fraction of sp³-hybridized carbons (Fsp3) is 0.611. The first-order chi connectivity index (χ1) is 12.2. The summed E-state index contributed by atoms with van der Waals surface area (Å²) in [4.78, 5) is 14.9. The van der Waals surface area contributed by atoms with Gasteiger partial charge < -0.3 is 15.4 Å². The van der Waals surface area contributed by atoms with E-state index in [0.29, 0.717) is 45.8 Å². The highest BCUT2D eigenvalue weighted by Gasteiger charge is 2.37. The van der Waals surface area contributed by atoms with Crippen LogP contribution in [0.4, 0.5) is 0 Å². The molecular formula is C18H27N3O4S. The molecule has 0 aliphatic carbocycles. The SMILES string of the molecule is CC1(C)CN(C(=O)c2ccccc2S(=O)(=O)N2CCOCC2)CCC1N. The zero-order valence-electron chi connectivity index (χ0n) is 15.3. The largest absolute Gasteiger partial charge is 0.379 e. The van der Waals surface area contributed by atoms with E-state index in [2.05, 4.69) is 0 Å². The van der Waals surface area contributed by atoms with Crippen molar-refractivity contribution >= 4 is 15.9 Å². The van der Waals surface area contributed by atoms with Gasteiger partial charge in [0, 0.05) is 32.2 Å². The molecule has 2 N–H and O–H groups in total. The zero-order chi connectivity index (χ0) is 18.9. The second kappa shape index (κ2) is 7.26. The monoisotopic (exact) mass is 381 g/mol. The third-order valence-corrected chi connectivity index (χ3v) is 7.26. The quantitative estimate of drug-likeness (QED) is 0.840. The molecule has 144 valence electrons. The van der Waals surface area contributed by atoms with E-state index in [-0.39, 0.29) is 27.8 Å². The van der Waals surface area contributed by atoms with Crippen LogP contribution in [0.25, 0.3) is 0 Å². The van der Waals surface area contributed by atoms with Gasteiger partial charge in [0.2, 0.25) is 10.0 Å². The Kier molecular flexibility index (Phi) is 5.39. The van der Waals surface area contributed by atoms with Crippen LogP contribution in [0.15, 0.2) is 29.2 Å². The lowest BCUT2D eigenvalue weighted by molar-refractivity contribution is 0.0528. The smallest absolute Gasteiger partial charge is 0.255 e. The summed E-state index contributed by atoms with van der Waals surface area (Å²) in [7, 11) is -3.73. The van der Waals surface area contributed by atoms with Gasteiger partial charge in [-0.2, -0.15) is 4.31 Å². The molecule has 8 heteroatoms. The summed E-state index contributed by atoms with van der Waals surface area (Å²) in [6.45, 7) is 6.46. The lowest BCUT2D eigenvalue weighted by atomic mass is 9.79. The number of morpholine rings is 1. The van der Waals surface area contributed by atoms with Gasteiger partial charge in [0.05, 0.1) is 23.7 Å². The number of ether oxygens (including phenoxy) is 1. The summed E-state index contributed by atoms with van der Waals surface area (Å²) in [5.74, 6) is -0.252. The first-order valence-electron chi connectivity index (χ1n) is 8.95. The molecule has 2 aliphatic heterocycles. The van der Waals surface area contributed by atoms with Gasteiger partial charge in [-0.25, -0.2) is 8.42 Å². The summed E-state index contributed by atoms with van der Waals surface area (Å²) in [5.41, 5.74) is 6.18. The van der Waals surface area contributed by atoms with Crippen molar-refractivity contribution in [2.24, 2.45) is 11.1 Å². The van der Waals surface area contributed by atoms with Crippen LogP contribution in [0.1, 0.15) is 30.6 Å². The number of nitrogens with two attached hydrogens (primary N) is 1. The van der Waals surface area contributed by atoms with E-state index in [4.69, 9.17) is 10.5 Å². The Morgan fingerprint density at radius 2 is 1.85 bits per heavy atom. The fourth-order valence-electron chi connectivity index (χ4n) is 3.51. The van der Waals surface area contributed by atoms with Gasteiger partial charge in [-0.05, 0) is 24.0 Å². The highest BCUT2D eigenvalue weighted by molar-refractivity contribution is 7.89. The number of amides is 1. The second-order valence-electron chi connectivity index (χ2n) is 7.62. The van der Waals surface area contributed by atoms with E-state index in [9.17, 15) is 13.2 Å². The molecule has 0 spiro atoms. The van der Waals surface area contributed by atoms with Crippen LogP contribution < -0.4 is 5.73 Å². The molecule has 1 amide bonds. The normalized spacial score (nSPS) is 24.4. The molecule has 1 aromatic rings. The van der Waals surface area contributed by atoms with Crippen molar-refractivity contribution in [2.45, 2.75) is 31.2 Å². The van der Waals surface area contributed by atoms with Crippen molar-refractivity contribution in [1.29, 1.82) is 0 Å². The van der Waals surface area contributed by atoms with Crippen molar-refractivity contribution in [3.63, 3.8) is 0 Å². The Hall–Kier alpha value is -1.48. The Morgan fingerprint density at radius 3 is 2.50 bits per heavy atom. The topological polar surface area (TPSA) is 92.9 Å². The fourth-order valence-corrected chi connectivity index (χ4v) is 5.10. The number of carbonyl (C=O) groups is 1. The van der Waals surface area contributed by atoms with Gasteiger partial charge in [0.15, 0.2) is 0 Å². The van der Waals surface area contributed by atoms with E-state index in [1.54, 1.807) is 23.1 Å². The molecule has 2 fully saturated rings. The van der Waals surface area contributed by atoms with Crippen molar-refractivity contribution in [3.05, 3.63) is 29.8 Å². The maximum absolute atomic E-state index is 13.1. The lowest BCUT2D eigenvalue weighted by Gasteiger charge is -2.42. The van der Waals surface area contributed by atoms with E-state index in [1.165, 1.54) is 10.4 Å². The average molecular weight is 381 g/mol. The van der Waals surface area contributed by atoms with Gasteiger partial charge >= 0.3 is 0 Å². The van der Waals surface area contributed by atoms with Crippen LogP contribution in [-0.2, 0) is 14.8 Å². The first kappa shape index (κ1) is 19.3. The van der Waals surface area contributed by atoms with Crippen LogP contribution >= 0.6 is 0 Å². The van der Waals surface area contributed by atoms with E-state index >= 15 is 0 Å². The predicted octanol–water partition coefficient (Wildman–Crippen LogP) is 0.907. The van der Waals surface area contributed by atoms with Gasteiger partial charge in [-0.3, -0.25) is 4.79 Å². The van der Waals surface area contributed by atoms with E-state index in [0.717, 1.165) is 0 Å². The van der Waals surface area contributed by atoms with Crippen molar-refractivity contribution in [3.8, 4) is 0 Å². The second-order valence-corrected chi connectivity index (χ2v) is 9.53. The van der Waals surface area contributed by atoms with Crippen LogP contribution in [0.3, 0.4) is 0 Å². The number of carbonyl (C=O) groups excluding carboxylic acids is 1. The van der Waals surface area contributed by atoms with Crippen LogP contribution in [0.5, 0.6) is 0 Å². The minimum atomic E-state index is -3.73. The average Bonchev–Trinajstić information content (AvgIpc) is 2.64. The Balaban J connectivity index is 1.91. The summed E-state index contributed by atoms with van der Waals surface area (Å²) < 4.78 is 32.7. The highest BCUT2D eigenvalue weighted by Crippen LogP contribution is 2.30. The molecule has 0 bridgehead atoms. The van der Waals surface area contributed by atoms with Crippen LogP contribution in [-0.4, -0.2) is 69.0 Å². The number of likely N-dealkylation sites (tertiary alicyclic amines) is 1. The molecule has 2 aliphatic rings. The third-order valence-electron chi connectivity index (χ3n) is 5.30. The Bertz CT molecular complexity index is 772. The maximum Gasteiger partial charge on any atom is 0.255 e. The van der Waals surface area contributed by atoms with Crippen molar-refractivity contribution < 1.29 is 17.9 Å². The first-order valence-corrected chi connectivity index (χ1v) is 10.4. The van der Waals surface area contributed by atoms with Gasteiger partial charge in [0.1, 0.15) is 0 Å². The number of hydrogen-bond acceptors (Lipinski definition) is 5. The number of hydrogen-bond donors (Lipinski definition) is 1. The predicted molar refractivity (Wildman–Crippen MR) is 98.3 cm³/mol. The summed E-state index contributed by atoms with van der Waals surface area (Å²) >= 11 is 0. The molecule has 2 heterocycles. The van der Waals surface area contributed by atoms with Crippen molar-refractivity contribution in [2.75, 3.05) is 39.4 Å². The summed E-state index contributed by atoms with van der Waals surface area (Å²) in [6, 6.07) is 6.49. The maximum atomic E-state index is 13.1. The number of rotatable bonds is 3. The summed E-state index contributed by atoms with van der Waals surface area (Å²) in [5, 5.41) is 0. The Labute approximate surface area is 155 Å². The molecule has 26 heavy (non-hydrogen) atoms. The number of nitrogens with zero attached hydrogens (tertiary/aromatic N) is 2. The van der Waals surface area contributed by atoms with Gasteiger partial charge in [-0.15, -0.1) is 0 Å². The molecule has 2 saturated heterocycles. The number of sulfonamides is 1. The lowest BCUT2D eigenvalue weighted by Crippen LogP contribution is -2.54. The van der Waals surface area contributed by atoms with Gasteiger partial charge in [0.25, 0.3) is 5.91 Å². The third kappa shape index (κ3) is 3.64. The van der Waals surface area contributed by atoms with Crippen molar-refractivity contribution in [1.82, 2.24) is 9.21 Å². The van der Waals surface area contributed by atoms with Crippen LogP contribution in [0, 0.1) is 5.41 Å². The van der Waals surface area contributed by atoms with E-state index in [1.807, 2.05) is 13.8 Å². The summed E-state index contributed by atoms with van der Waals surface area (Å²) in [6.07, 6.45) is 0.705. The molecule has 1 atom stereocenters. The molecular weight excluding hydrogens is 354 g/mol. The molecule has 0 aromatic heterocycles. The molecule has 0 radical (unpaired) electrons. The minimum Gasteiger partial charge on any atom is -0.379 e. The standard InChI is InChI=1S/C18H27N3O4S/c1-18(2)13-20(8-7-16(18)19)17(22)14-5-3-4-6-15(14)26(23,24)21-9-11-25-12-10-21/h3-6,16H,7-13,19H2,1-2H3. The number of piperidine rings is 1. The molecule has 0 saturated carbocycles. The minimum absolute atomic E-state index is 0.0267. The van der Waals surface area contributed by atoms with Gasteiger partial charge in [-0.1, -0.05) is 26.0 Å². The molecule has 7 nitrogen and oxygen atoms in total. The number of benzene rings is 1.